The summed E-state index contributed by atoms with van der Waals surface area (Å²) < 4.78 is 28.6. The third-order valence-electron chi connectivity index (χ3n) is 4.05. The highest BCUT2D eigenvalue weighted by atomic mass is 32.2. The Morgan fingerprint density at radius 3 is 2.58 bits per heavy atom. The van der Waals surface area contributed by atoms with Gasteiger partial charge in [0.2, 0.25) is 0 Å². The van der Waals surface area contributed by atoms with E-state index in [9.17, 15) is 8.42 Å². The van der Waals surface area contributed by atoms with Crippen LogP contribution in [0.4, 0.5) is 0 Å². The van der Waals surface area contributed by atoms with Gasteiger partial charge in [0.05, 0.1) is 18.6 Å². The number of aryl methyl sites for hydroxylation is 1. The maximum absolute atomic E-state index is 11.6. The summed E-state index contributed by atoms with van der Waals surface area (Å²) in [6.45, 7) is 4.02. The highest BCUT2D eigenvalue weighted by molar-refractivity contribution is 7.91. The zero-order valence-electron chi connectivity index (χ0n) is 11.6. The minimum absolute atomic E-state index is 0.0130. The average molecular weight is 283 g/mol. The van der Waals surface area contributed by atoms with Crippen molar-refractivity contribution in [2.75, 3.05) is 18.6 Å². The van der Waals surface area contributed by atoms with Crippen LogP contribution in [-0.2, 0) is 9.84 Å². The van der Waals surface area contributed by atoms with Crippen molar-refractivity contribution in [2.24, 2.45) is 11.7 Å². The minimum Gasteiger partial charge on any atom is -0.496 e. The Hall–Kier alpha value is -1.07. The Morgan fingerprint density at radius 2 is 2.05 bits per heavy atom. The zero-order valence-corrected chi connectivity index (χ0v) is 12.5. The molecule has 19 heavy (non-hydrogen) atoms. The Morgan fingerprint density at radius 1 is 1.37 bits per heavy atom. The molecule has 5 heteroatoms. The lowest BCUT2D eigenvalue weighted by Crippen LogP contribution is -2.23. The predicted molar refractivity (Wildman–Crippen MR) is 76.2 cm³/mol. The quantitative estimate of drug-likeness (QED) is 0.917. The van der Waals surface area contributed by atoms with Gasteiger partial charge in [-0.2, -0.15) is 0 Å². The van der Waals surface area contributed by atoms with Gasteiger partial charge in [-0.15, -0.1) is 0 Å². The predicted octanol–water partition coefficient (Wildman–Crippen LogP) is 1.75. The molecule has 2 N–H and O–H groups in total. The van der Waals surface area contributed by atoms with Crippen LogP contribution >= 0.6 is 0 Å². The summed E-state index contributed by atoms with van der Waals surface area (Å²) in [6, 6.07) is 3.68. The first kappa shape index (κ1) is 14.3. The van der Waals surface area contributed by atoms with E-state index < -0.39 is 9.84 Å². The van der Waals surface area contributed by atoms with Gasteiger partial charge in [0.25, 0.3) is 0 Å². The summed E-state index contributed by atoms with van der Waals surface area (Å²) in [7, 11) is -1.28. The van der Waals surface area contributed by atoms with Crippen LogP contribution < -0.4 is 10.5 Å². The van der Waals surface area contributed by atoms with Crippen molar-refractivity contribution in [3.63, 3.8) is 0 Å². The fourth-order valence-corrected chi connectivity index (χ4v) is 4.56. The van der Waals surface area contributed by atoms with E-state index in [0.29, 0.717) is 6.42 Å². The summed E-state index contributed by atoms with van der Waals surface area (Å²) >= 11 is 0. The smallest absolute Gasteiger partial charge is 0.150 e. The maximum atomic E-state index is 11.6. The standard InChI is InChI=1S/C14H21NO3S/c1-9-4-5-12(14(18-3)10(9)2)13(15)11-6-7-19(16,17)8-11/h4-5,11,13H,6-8,15H2,1-3H3. The zero-order chi connectivity index (χ0) is 14.2. The molecule has 0 aliphatic carbocycles. The van der Waals surface area contributed by atoms with E-state index in [1.165, 1.54) is 0 Å². The van der Waals surface area contributed by atoms with Crippen LogP contribution in [0.25, 0.3) is 0 Å². The molecular weight excluding hydrogens is 262 g/mol. The molecule has 1 aliphatic heterocycles. The molecule has 106 valence electrons. The average Bonchev–Trinajstić information content (AvgIpc) is 2.72. The summed E-state index contributed by atoms with van der Waals surface area (Å²) in [5, 5.41) is 0. The van der Waals surface area contributed by atoms with Crippen molar-refractivity contribution >= 4 is 9.84 Å². The van der Waals surface area contributed by atoms with Crippen molar-refractivity contribution in [1.82, 2.24) is 0 Å². The fourth-order valence-electron chi connectivity index (χ4n) is 2.71. The summed E-state index contributed by atoms with van der Waals surface area (Å²) in [5.74, 6) is 1.21. The molecule has 0 saturated carbocycles. The van der Waals surface area contributed by atoms with Crippen LogP contribution in [0, 0.1) is 19.8 Å². The number of ether oxygens (including phenoxy) is 1. The third kappa shape index (κ3) is 2.77. The normalized spacial score (nSPS) is 23.3. The van der Waals surface area contributed by atoms with E-state index in [1.807, 2.05) is 26.0 Å². The largest absolute Gasteiger partial charge is 0.496 e. The first-order valence-corrected chi connectivity index (χ1v) is 8.28. The molecule has 0 bridgehead atoms. The van der Waals surface area contributed by atoms with Gasteiger partial charge in [0.15, 0.2) is 9.84 Å². The second kappa shape index (κ2) is 5.13. The van der Waals surface area contributed by atoms with Gasteiger partial charge in [-0.25, -0.2) is 8.42 Å². The third-order valence-corrected chi connectivity index (χ3v) is 5.84. The number of hydrogen-bond acceptors (Lipinski definition) is 4. The van der Waals surface area contributed by atoms with E-state index in [-0.39, 0.29) is 23.5 Å². The van der Waals surface area contributed by atoms with Crippen LogP contribution in [0.5, 0.6) is 5.75 Å². The molecule has 2 atom stereocenters. The van der Waals surface area contributed by atoms with Crippen LogP contribution in [0.15, 0.2) is 12.1 Å². The van der Waals surface area contributed by atoms with Gasteiger partial charge in [-0.05, 0) is 37.3 Å². The molecule has 1 heterocycles. The van der Waals surface area contributed by atoms with Crippen molar-refractivity contribution in [2.45, 2.75) is 26.3 Å². The molecule has 1 saturated heterocycles. The molecule has 0 radical (unpaired) electrons. The van der Waals surface area contributed by atoms with Crippen molar-refractivity contribution in [3.8, 4) is 5.75 Å². The molecule has 0 aromatic heterocycles. The topological polar surface area (TPSA) is 69.4 Å². The molecule has 2 rings (SSSR count). The first-order chi connectivity index (χ1) is 8.85. The minimum atomic E-state index is -2.91. The van der Waals surface area contributed by atoms with Gasteiger partial charge in [-0.3, -0.25) is 0 Å². The fraction of sp³-hybridized carbons (Fsp3) is 0.571. The Kier molecular flexibility index (Phi) is 3.87. The molecule has 1 fully saturated rings. The number of rotatable bonds is 3. The van der Waals surface area contributed by atoms with Gasteiger partial charge in [0, 0.05) is 11.6 Å². The lowest BCUT2D eigenvalue weighted by molar-refractivity contribution is 0.389. The second-order valence-corrected chi connectivity index (χ2v) is 7.55. The maximum Gasteiger partial charge on any atom is 0.150 e. The lowest BCUT2D eigenvalue weighted by atomic mass is 9.90. The monoisotopic (exact) mass is 283 g/mol. The molecule has 2 unspecified atom stereocenters. The SMILES string of the molecule is COc1c(C(N)C2CCS(=O)(=O)C2)ccc(C)c1C. The van der Waals surface area contributed by atoms with Crippen LogP contribution in [0.2, 0.25) is 0 Å². The molecule has 0 amide bonds. The molecule has 1 aromatic rings. The van der Waals surface area contributed by atoms with E-state index in [1.54, 1.807) is 7.11 Å². The highest BCUT2D eigenvalue weighted by Gasteiger charge is 2.34. The van der Waals surface area contributed by atoms with E-state index in [0.717, 1.165) is 22.4 Å². The summed E-state index contributed by atoms with van der Waals surface area (Å²) in [6.07, 6.45) is 0.638. The van der Waals surface area contributed by atoms with E-state index in [4.69, 9.17) is 10.5 Å². The number of sulfone groups is 1. The Labute approximate surface area is 114 Å². The second-order valence-electron chi connectivity index (χ2n) is 5.32. The number of methoxy groups -OCH3 is 1. The van der Waals surface area contributed by atoms with Gasteiger partial charge in [-0.1, -0.05) is 12.1 Å². The van der Waals surface area contributed by atoms with Crippen molar-refractivity contribution < 1.29 is 13.2 Å². The van der Waals surface area contributed by atoms with Gasteiger partial charge in [0.1, 0.15) is 5.75 Å². The molecule has 1 aliphatic rings. The van der Waals surface area contributed by atoms with Crippen LogP contribution in [-0.4, -0.2) is 27.0 Å². The van der Waals surface area contributed by atoms with Crippen LogP contribution in [0.1, 0.15) is 29.2 Å². The van der Waals surface area contributed by atoms with Crippen molar-refractivity contribution in [1.29, 1.82) is 0 Å². The summed E-state index contributed by atoms with van der Waals surface area (Å²) in [4.78, 5) is 0. The lowest BCUT2D eigenvalue weighted by Gasteiger charge is -2.22. The first-order valence-electron chi connectivity index (χ1n) is 6.46. The number of nitrogens with two attached hydrogens (primary N) is 1. The number of hydrogen-bond donors (Lipinski definition) is 1. The van der Waals surface area contributed by atoms with E-state index >= 15 is 0 Å². The Bertz CT molecular complexity index is 581. The van der Waals surface area contributed by atoms with Crippen LogP contribution in [0.3, 0.4) is 0 Å². The molecule has 0 spiro atoms. The molecule has 4 nitrogen and oxygen atoms in total. The van der Waals surface area contributed by atoms with Crippen molar-refractivity contribution in [3.05, 3.63) is 28.8 Å². The highest BCUT2D eigenvalue weighted by Crippen LogP contribution is 2.36. The summed E-state index contributed by atoms with van der Waals surface area (Å²) in [5.41, 5.74) is 9.39. The molecule has 1 aromatic carbocycles. The Balaban J connectivity index is 2.34. The molecular formula is C14H21NO3S. The van der Waals surface area contributed by atoms with Gasteiger partial charge < -0.3 is 10.5 Å². The number of benzene rings is 1. The van der Waals surface area contributed by atoms with E-state index in [2.05, 4.69) is 0 Å². The van der Waals surface area contributed by atoms with Gasteiger partial charge >= 0.3 is 0 Å².